The van der Waals surface area contributed by atoms with Crippen LogP contribution in [0.3, 0.4) is 0 Å². The van der Waals surface area contributed by atoms with Crippen LogP contribution in [0, 0.1) is 0 Å². The Morgan fingerprint density at radius 1 is 0.952 bits per heavy atom. The van der Waals surface area contributed by atoms with E-state index in [0.29, 0.717) is 0 Å². The van der Waals surface area contributed by atoms with Crippen molar-refractivity contribution in [2.45, 2.75) is 6.42 Å². The molecule has 3 aromatic carbocycles. The minimum Gasteiger partial charge on any atom is -0.504 e. The van der Waals surface area contributed by atoms with Crippen molar-refractivity contribution < 1.29 is 10.2 Å². The summed E-state index contributed by atoms with van der Waals surface area (Å²) < 4.78 is 0. The van der Waals surface area contributed by atoms with E-state index in [2.05, 4.69) is 11.0 Å². The Hall–Kier alpha value is -2.26. The lowest BCUT2D eigenvalue weighted by Crippen LogP contribution is -2.15. The number of nitrogens with zero attached hydrogens (tertiary/aromatic N) is 1. The van der Waals surface area contributed by atoms with Crippen LogP contribution in [0.5, 0.6) is 11.5 Å². The fourth-order valence-corrected chi connectivity index (χ4v) is 2.78. The van der Waals surface area contributed by atoms with Gasteiger partial charge in [-0.25, -0.2) is 0 Å². The van der Waals surface area contributed by atoms with Gasteiger partial charge in [0.1, 0.15) is 0 Å². The van der Waals surface area contributed by atoms with Crippen molar-refractivity contribution in [3.05, 3.63) is 48.0 Å². The summed E-state index contributed by atoms with van der Waals surface area (Å²) in [5.41, 5.74) is 1.06. The molecular formula is C18H19NO2. The van der Waals surface area contributed by atoms with Crippen molar-refractivity contribution in [1.82, 2.24) is 4.90 Å². The summed E-state index contributed by atoms with van der Waals surface area (Å²) >= 11 is 0. The quantitative estimate of drug-likeness (QED) is 0.570. The maximum atomic E-state index is 10.3. The summed E-state index contributed by atoms with van der Waals surface area (Å²) in [6, 6.07) is 13.7. The first-order valence-corrected chi connectivity index (χ1v) is 7.08. The van der Waals surface area contributed by atoms with E-state index in [1.165, 1.54) is 0 Å². The van der Waals surface area contributed by atoms with Crippen LogP contribution in [-0.2, 0) is 6.42 Å². The lowest BCUT2D eigenvalue weighted by atomic mass is 9.95. The number of phenols is 2. The van der Waals surface area contributed by atoms with Crippen molar-refractivity contribution in [3.8, 4) is 11.5 Å². The minimum absolute atomic E-state index is 0.0320. The molecule has 0 fully saturated rings. The van der Waals surface area contributed by atoms with Gasteiger partial charge < -0.3 is 15.1 Å². The number of phenolic OH excluding ortho intramolecular Hbond substituents is 2. The summed E-state index contributed by atoms with van der Waals surface area (Å²) in [4.78, 5) is 2.11. The number of rotatable bonds is 3. The SMILES string of the molecule is CN(C)CCc1cc(O)c(O)c2c1ccc1ccccc12. The summed E-state index contributed by atoms with van der Waals surface area (Å²) in [5.74, 6) is -0.0805. The van der Waals surface area contributed by atoms with E-state index in [1.807, 2.05) is 44.4 Å². The molecule has 3 aromatic rings. The average molecular weight is 281 g/mol. The average Bonchev–Trinajstić information content (AvgIpc) is 2.48. The zero-order valence-electron chi connectivity index (χ0n) is 12.3. The Labute approximate surface area is 124 Å². The van der Waals surface area contributed by atoms with E-state index in [1.54, 1.807) is 6.07 Å². The Kier molecular flexibility index (Phi) is 3.43. The molecule has 0 amide bonds. The first-order valence-electron chi connectivity index (χ1n) is 7.08. The smallest absolute Gasteiger partial charge is 0.166 e. The highest BCUT2D eigenvalue weighted by Gasteiger charge is 2.13. The number of aromatic hydroxyl groups is 2. The molecule has 3 heteroatoms. The first kappa shape index (κ1) is 13.7. The molecule has 0 saturated heterocycles. The maximum Gasteiger partial charge on any atom is 0.166 e. The third-order valence-electron chi connectivity index (χ3n) is 3.89. The van der Waals surface area contributed by atoms with Gasteiger partial charge in [-0.1, -0.05) is 36.4 Å². The van der Waals surface area contributed by atoms with Gasteiger partial charge in [-0.3, -0.25) is 0 Å². The van der Waals surface area contributed by atoms with Gasteiger partial charge in [-0.15, -0.1) is 0 Å². The number of fused-ring (bicyclic) bond motifs is 3. The number of likely N-dealkylation sites (N-methyl/N-ethyl adjacent to an activating group) is 1. The molecule has 0 bridgehead atoms. The Morgan fingerprint density at radius 3 is 2.48 bits per heavy atom. The van der Waals surface area contributed by atoms with E-state index in [4.69, 9.17) is 0 Å². The third-order valence-corrected chi connectivity index (χ3v) is 3.89. The summed E-state index contributed by atoms with van der Waals surface area (Å²) in [6.45, 7) is 0.895. The highest BCUT2D eigenvalue weighted by Crippen LogP contribution is 2.40. The molecule has 3 nitrogen and oxygen atoms in total. The Balaban J connectivity index is 2.31. The van der Waals surface area contributed by atoms with Crippen molar-refractivity contribution in [2.24, 2.45) is 0 Å². The molecule has 0 heterocycles. The van der Waals surface area contributed by atoms with Crippen LogP contribution < -0.4 is 0 Å². The molecule has 0 spiro atoms. The second-order valence-corrected chi connectivity index (χ2v) is 5.67. The van der Waals surface area contributed by atoms with Gasteiger partial charge in [-0.05, 0) is 48.3 Å². The lowest BCUT2D eigenvalue weighted by molar-refractivity contribution is 0.404. The molecule has 0 aliphatic carbocycles. The summed E-state index contributed by atoms with van der Waals surface area (Å²) in [6.07, 6.45) is 0.829. The monoisotopic (exact) mass is 281 g/mol. The topological polar surface area (TPSA) is 43.7 Å². The molecule has 108 valence electrons. The van der Waals surface area contributed by atoms with Crippen molar-refractivity contribution in [1.29, 1.82) is 0 Å². The fourth-order valence-electron chi connectivity index (χ4n) is 2.78. The van der Waals surface area contributed by atoms with Crippen molar-refractivity contribution >= 4 is 21.5 Å². The molecule has 0 aliphatic rings. The van der Waals surface area contributed by atoms with E-state index in [0.717, 1.165) is 40.1 Å². The van der Waals surface area contributed by atoms with E-state index in [-0.39, 0.29) is 11.5 Å². The fraction of sp³-hybridized carbons (Fsp3) is 0.222. The predicted molar refractivity (Wildman–Crippen MR) is 87.0 cm³/mol. The molecule has 21 heavy (non-hydrogen) atoms. The van der Waals surface area contributed by atoms with Gasteiger partial charge in [0.15, 0.2) is 11.5 Å². The molecule has 3 rings (SSSR count). The molecule has 2 N–H and O–H groups in total. The van der Waals surface area contributed by atoms with Gasteiger partial charge >= 0.3 is 0 Å². The molecule has 0 radical (unpaired) electrons. The third kappa shape index (κ3) is 2.41. The molecule has 0 saturated carbocycles. The number of hydrogen-bond donors (Lipinski definition) is 2. The van der Waals surface area contributed by atoms with Crippen LogP contribution >= 0.6 is 0 Å². The van der Waals surface area contributed by atoms with Crippen LogP contribution in [0.25, 0.3) is 21.5 Å². The Morgan fingerprint density at radius 2 is 1.71 bits per heavy atom. The molecule has 0 atom stereocenters. The van der Waals surface area contributed by atoms with Gasteiger partial charge in [-0.2, -0.15) is 0 Å². The molecule has 0 aliphatic heterocycles. The van der Waals surface area contributed by atoms with Crippen molar-refractivity contribution in [2.75, 3.05) is 20.6 Å². The summed E-state index contributed by atoms with van der Waals surface area (Å²) in [7, 11) is 4.05. The lowest BCUT2D eigenvalue weighted by Gasteiger charge is -2.14. The standard InChI is InChI=1S/C18H19NO2/c1-19(2)10-9-13-11-16(20)18(21)17-14-6-4-3-5-12(14)7-8-15(13)17/h3-8,11,20-21H,9-10H2,1-2H3. The van der Waals surface area contributed by atoms with Crippen LogP contribution in [0.1, 0.15) is 5.56 Å². The van der Waals surface area contributed by atoms with E-state index in [9.17, 15) is 10.2 Å². The Bertz CT molecular complexity index is 809. The summed E-state index contributed by atoms with van der Waals surface area (Å²) in [5, 5.41) is 24.1. The molecule has 0 unspecified atom stereocenters. The van der Waals surface area contributed by atoms with Crippen molar-refractivity contribution in [3.63, 3.8) is 0 Å². The van der Waals surface area contributed by atoms with Crippen LogP contribution in [0.2, 0.25) is 0 Å². The second-order valence-electron chi connectivity index (χ2n) is 5.67. The zero-order chi connectivity index (χ0) is 15.0. The zero-order valence-corrected chi connectivity index (χ0v) is 12.3. The molecular weight excluding hydrogens is 262 g/mol. The first-order chi connectivity index (χ1) is 10.1. The normalized spacial score (nSPS) is 11.6. The highest BCUT2D eigenvalue weighted by atomic mass is 16.3. The maximum absolute atomic E-state index is 10.3. The van der Waals surface area contributed by atoms with Gasteiger partial charge in [0, 0.05) is 11.9 Å². The van der Waals surface area contributed by atoms with E-state index < -0.39 is 0 Å². The van der Waals surface area contributed by atoms with Crippen LogP contribution in [0.4, 0.5) is 0 Å². The predicted octanol–water partition coefficient (Wildman–Crippen LogP) is 3.51. The van der Waals surface area contributed by atoms with Crippen LogP contribution in [0.15, 0.2) is 42.5 Å². The van der Waals surface area contributed by atoms with Gasteiger partial charge in [0.2, 0.25) is 0 Å². The highest BCUT2D eigenvalue weighted by molar-refractivity contribution is 6.12. The van der Waals surface area contributed by atoms with Gasteiger partial charge in [0.05, 0.1) is 0 Å². The van der Waals surface area contributed by atoms with E-state index >= 15 is 0 Å². The van der Waals surface area contributed by atoms with Gasteiger partial charge in [0.25, 0.3) is 0 Å². The second kappa shape index (κ2) is 5.26. The number of benzene rings is 3. The van der Waals surface area contributed by atoms with Crippen LogP contribution in [-0.4, -0.2) is 35.8 Å². The largest absolute Gasteiger partial charge is 0.504 e. The molecule has 0 aromatic heterocycles. The number of hydrogen-bond acceptors (Lipinski definition) is 3. The minimum atomic E-state index is -0.0485.